The predicted molar refractivity (Wildman–Crippen MR) is 88.6 cm³/mol. The van der Waals surface area contributed by atoms with Crippen molar-refractivity contribution in [3.8, 4) is 0 Å². The zero-order valence-electron chi connectivity index (χ0n) is 12.9. The molecule has 2 rings (SSSR count). The lowest BCUT2D eigenvalue weighted by Crippen LogP contribution is -2.21. The molecule has 2 aromatic carbocycles. The van der Waals surface area contributed by atoms with E-state index in [1.165, 1.54) is 11.1 Å². The summed E-state index contributed by atoms with van der Waals surface area (Å²) in [6.07, 6.45) is 1.04. The second-order valence-corrected chi connectivity index (χ2v) is 5.81. The molecule has 0 amide bonds. The van der Waals surface area contributed by atoms with E-state index in [2.05, 4.69) is 55.4 Å². The Kier molecular flexibility index (Phi) is 5.97. The van der Waals surface area contributed by atoms with Crippen molar-refractivity contribution in [3.05, 3.63) is 71.8 Å². The SMILES string of the molecule is CN(C)CC[C@@H](c1ccccc1)[C@H](CO)c1ccccc1. The highest BCUT2D eigenvalue weighted by Crippen LogP contribution is 2.35. The molecule has 2 aromatic rings. The largest absolute Gasteiger partial charge is 0.396 e. The lowest BCUT2D eigenvalue weighted by molar-refractivity contribution is 0.237. The van der Waals surface area contributed by atoms with Gasteiger partial charge < -0.3 is 10.0 Å². The minimum absolute atomic E-state index is 0.147. The Morgan fingerprint density at radius 3 is 1.71 bits per heavy atom. The Labute approximate surface area is 128 Å². The van der Waals surface area contributed by atoms with E-state index in [0.29, 0.717) is 5.92 Å². The van der Waals surface area contributed by atoms with Crippen LogP contribution in [0.1, 0.15) is 29.4 Å². The average molecular weight is 283 g/mol. The summed E-state index contributed by atoms with van der Waals surface area (Å²) in [5, 5.41) is 9.96. The van der Waals surface area contributed by atoms with Crippen LogP contribution < -0.4 is 0 Å². The zero-order chi connectivity index (χ0) is 15.1. The van der Waals surface area contributed by atoms with E-state index in [4.69, 9.17) is 0 Å². The van der Waals surface area contributed by atoms with Crippen LogP contribution in [0, 0.1) is 0 Å². The van der Waals surface area contributed by atoms with Crippen LogP contribution in [0.25, 0.3) is 0 Å². The molecule has 0 aliphatic heterocycles. The molecule has 0 aliphatic carbocycles. The van der Waals surface area contributed by atoms with Crippen molar-refractivity contribution in [3.63, 3.8) is 0 Å². The molecule has 0 saturated carbocycles. The summed E-state index contributed by atoms with van der Waals surface area (Å²) in [6.45, 7) is 1.19. The smallest absolute Gasteiger partial charge is 0.0505 e. The fourth-order valence-corrected chi connectivity index (χ4v) is 2.86. The maximum Gasteiger partial charge on any atom is 0.0505 e. The number of hydrogen-bond acceptors (Lipinski definition) is 2. The molecule has 1 N–H and O–H groups in total. The van der Waals surface area contributed by atoms with E-state index in [-0.39, 0.29) is 12.5 Å². The Morgan fingerprint density at radius 2 is 1.29 bits per heavy atom. The lowest BCUT2D eigenvalue weighted by atomic mass is 9.80. The van der Waals surface area contributed by atoms with Gasteiger partial charge in [0.15, 0.2) is 0 Å². The van der Waals surface area contributed by atoms with Crippen LogP contribution in [0.2, 0.25) is 0 Å². The molecule has 2 nitrogen and oxygen atoms in total. The summed E-state index contributed by atoms with van der Waals surface area (Å²) in [4.78, 5) is 2.20. The summed E-state index contributed by atoms with van der Waals surface area (Å²) < 4.78 is 0. The van der Waals surface area contributed by atoms with Crippen LogP contribution in [-0.2, 0) is 0 Å². The van der Waals surface area contributed by atoms with Crippen molar-refractivity contribution >= 4 is 0 Å². The summed E-state index contributed by atoms with van der Waals surface area (Å²) in [6, 6.07) is 20.9. The highest BCUT2D eigenvalue weighted by molar-refractivity contribution is 5.28. The summed E-state index contributed by atoms with van der Waals surface area (Å²) in [5.74, 6) is 0.481. The zero-order valence-corrected chi connectivity index (χ0v) is 12.9. The van der Waals surface area contributed by atoms with E-state index < -0.39 is 0 Å². The fraction of sp³-hybridized carbons (Fsp3) is 0.368. The third-order valence-corrected chi connectivity index (χ3v) is 4.03. The minimum atomic E-state index is 0.147. The molecule has 112 valence electrons. The van der Waals surface area contributed by atoms with Gasteiger partial charge in [-0.3, -0.25) is 0 Å². The summed E-state index contributed by atoms with van der Waals surface area (Å²) >= 11 is 0. The lowest BCUT2D eigenvalue weighted by Gasteiger charge is -2.28. The van der Waals surface area contributed by atoms with Crippen LogP contribution in [0.5, 0.6) is 0 Å². The summed E-state index contributed by atoms with van der Waals surface area (Å²) in [5.41, 5.74) is 2.52. The van der Waals surface area contributed by atoms with Gasteiger partial charge in [-0.2, -0.15) is 0 Å². The van der Waals surface area contributed by atoms with Crippen LogP contribution >= 0.6 is 0 Å². The second kappa shape index (κ2) is 7.96. The fourth-order valence-electron chi connectivity index (χ4n) is 2.86. The molecule has 0 fully saturated rings. The molecule has 21 heavy (non-hydrogen) atoms. The third-order valence-electron chi connectivity index (χ3n) is 4.03. The van der Waals surface area contributed by atoms with Gasteiger partial charge in [-0.1, -0.05) is 60.7 Å². The minimum Gasteiger partial charge on any atom is -0.396 e. The molecular formula is C19H25NO. The van der Waals surface area contributed by atoms with Gasteiger partial charge in [-0.25, -0.2) is 0 Å². The van der Waals surface area contributed by atoms with Crippen LogP contribution in [-0.4, -0.2) is 37.3 Å². The Morgan fingerprint density at radius 1 is 0.810 bits per heavy atom. The summed E-state index contributed by atoms with van der Waals surface area (Å²) in [7, 11) is 4.19. The van der Waals surface area contributed by atoms with Crippen LogP contribution in [0.3, 0.4) is 0 Å². The van der Waals surface area contributed by atoms with Gasteiger partial charge >= 0.3 is 0 Å². The maximum absolute atomic E-state index is 9.96. The van der Waals surface area contributed by atoms with Crippen molar-refractivity contribution in [2.24, 2.45) is 0 Å². The van der Waals surface area contributed by atoms with Gasteiger partial charge in [-0.15, -0.1) is 0 Å². The highest BCUT2D eigenvalue weighted by atomic mass is 16.3. The third kappa shape index (κ3) is 4.42. The quantitative estimate of drug-likeness (QED) is 0.840. The van der Waals surface area contributed by atoms with E-state index in [1.807, 2.05) is 24.3 Å². The standard InChI is InChI=1S/C19H25NO/c1-20(2)14-13-18(16-9-5-3-6-10-16)19(15-21)17-11-7-4-8-12-17/h3-12,18-19,21H,13-15H2,1-2H3/t18-,19+/m0/s1. The molecule has 2 atom stereocenters. The number of hydrogen-bond donors (Lipinski definition) is 1. The first-order valence-electron chi connectivity index (χ1n) is 7.58. The Bertz CT molecular complexity index is 510. The van der Waals surface area contributed by atoms with Crippen LogP contribution in [0.4, 0.5) is 0 Å². The van der Waals surface area contributed by atoms with E-state index in [0.717, 1.165) is 13.0 Å². The first-order chi connectivity index (χ1) is 10.2. The second-order valence-electron chi connectivity index (χ2n) is 5.81. The molecular weight excluding hydrogens is 258 g/mol. The molecule has 0 aliphatic rings. The van der Waals surface area contributed by atoms with Gasteiger partial charge in [0.25, 0.3) is 0 Å². The molecule has 0 saturated heterocycles. The first-order valence-corrected chi connectivity index (χ1v) is 7.58. The van der Waals surface area contributed by atoms with Crippen LogP contribution in [0.15, 0.2) is 60.7 Å². The number of rotatable bonds is 7. The van der Waals surface area contributed by atoms with Crippen molar-refractivity contribution in [1.82, 2.24) is 4.90 Å². The predicted octanol–water partition coefficient (Wildman–Crippen LogP) is 3.50. The molecule has 0 bridgehead atoms. The molecule has 0 radical (unpaired) electrons. The number of benzene rings is 2. The number of aliphatic hydroxyl groups excluding tert-OH is 1. The normalized spacial score (nSPS) is 14.1. The monoisotopic (exact) mass is 283 g/mol. The molecule has 2 heteroatoms. The Balaban J connectivity index is 2.28. The molecule has 0 heterocycles. The highest BCUT2D eigenvalue weighted by Gasteiger charge is 2.24. The molecule has 0 unspecified atom stereocenters. The van der Waals surface area contributed by atoms with Gasteiger partial charge in [-0.05, 0) is 44.1 Å². The topological polar surface area (TPSA) is 23.5 Å². The van der Waals surface area contributed by atoms with E-state index in [1.54, 1.807) is 0 Å². The molecule has 0 spiro atoms. The van der Waals surface area contributed by atoms with E-state index >= 15 is 0 Å². The van der Waals surface area contributed by atoms with Gasteiger partial charge in [0.1, 0.15) is 0 Å². The Hall–Kier alpha value is -1.64. The number of aliphatic hydroxyl groups is 1. The number of nitrogens with zero attached hydrogens (tertiary/aromatic N) is 1. The van der Waals surface area contributed by atoms with Crippen molar-refractivity contribution in [2.45, 2.75) is 18.3 Å². The van der Waals surface area contributed by atoms with Gasteiger partial charge in [0.2, 0.25) is 0 Å². The maximum atomic E-state index is 9.96. The average Bonchev–Trinajstić information content (AvgIpc) is 2.53. The van der Waals surface area contributed by atoms with Gasteiger partial charge in [0.05, 0.1) is 6.61 Å². The first kappa shape index (κ1) is 15.7. The molecule has 0 aromatic heterocycles. The van der Waals surface area contributed by atoms with Crippen molar-refractivity contribution < 1.29 is 5.11 Å². The van der Waals surface area contributed by atoms with Gasteiger partial charge in [0, 0.05) is 5.92 Å². The van der Waals surface area contributed by atoms with Crippen molar-refractivity contribution in [2.75, 3.05) is 27.2 Å². The van der Waals surface area contributed by atoms with Crippen molar-refractivity contribution in [1.29, 1.82) is 0 Å². The van der Waals surface area contributed by atoms with E-state index in [9.17, 15) is 5.11 Å².